The van der Waals surface area contributed by atoms with Crippen LogP contribution in [0.2, 0.25) is 0 Å². The molecule has 0 saturated heterocycles. The lowest BCUT2D eigenvalue weighted by Gasteiger charge is -2.22. The van der Waals surface area contributed by atoms with Gasteiger partial charge in [0, 0.05) is 24.6 Å². The Kier molecular flexibility index (Phi) is 7.53. The molecule has 1 aromatic heterocycles. The molecule has 2 amide bonds. The summed E-state index contributed by atoms with van der Waals surface area (Å²) < 4.78 is 10.8. The zero-order valence-corrected chi connectivity index (χ0v) is 18.7. The molecule has 2 aromatic rings. The molecule has 2 atom stereocenters. The number of ether oxygens (including phenoxy) is 2. The van der Waals surface area contributed by atoms with Crippen molar-refractivity contribution in [3.05, 3.63) is 51.5 Å². The fourth-order valence-corrected chi connectivity index (χ4v) is 4.13. The number of hydrogen-bond acceptors (Lipinski definition) is 8. The van der Waals surface area contributed by atoms with Gasteiger partial charge in [-0.25, -0.2) is 9.78 Å². The molecule has 0 fully saturated rings. The second-order valence-electron chi connectivity index (χ2n) is 7.73. The fourth-order valence-electron chi connectivity index (χ4n) is 3.28. The van der Waals surface area contributed by atoms with E-state index in [9.17, 15) is 14.4 Å². The Hall–Kier alpha value is -2.62. The van der Waals surface area contributed by atoms with Crippen molar-refractivity contribution >= 4 is 29.1 Å². The lowest BCUT2D eigenvalue weighted by molar-refractivity contribution is 0.0322. The normalized spacial score (nSPS) is 15.3. The quantitative estimate of drug-likeness (QED) is 0.340. The summed E-state index contributed by atoms with van der Waals surface area (Å²) in [6.07, 6.45) is 0.635. The Morgan fingerprint density at radius 2 is 1.84 bits per heavy atom. The molecule has 31 heavy (non-hydrogen) atoms. The van der Waals surface area contributed by atoms with Gasteiger partial charge in [-0.15, -0.1) is 11.3 Å². The van der Waals surface area contributed by atoms with Crippen LogP contribution in [0.3, 0.4) is 0 Å². The van der Waals surface area contributed by atoms with Gasteiger partial charge in [0.1, 0.15) is 11.1 Å². The van der Waals surface area contributed by atoms with Gasteiger partial charge in [0.05, 0.1) is 18.2 Å². The summed E-state index contributed by atoms with van der Waals surface area (Å²) >= 11 is 1.32. The second-order valence-corrected chi connectivity index (χ2v) is 8.62. The third-order valence-electron chi connectivity index (χ3n) is 5.26. The van der Waals surface area contributed by atoms with E-state index in [4.69, 9.17) is 15.2 Å². The Morgan fingerprint density at radius 1 is 1.19 bits per heavy atom. The molecule has 0 unspecified atom stereocenters. The summed E-state index contributed by atoms with van der Waals surface area (Å²) in [6.45, 7) is 4.65. The van der Waals surface area contributed by atoms with Crippen LogP contribution >= 0.6 is 11.3 Å². The van der Waals surface area contributed by atoms with Crippen LogP contribution in [-0.4, -0.2) is 54.0 Å². The van der Waals surface area contributed by atoms with Crippen LogP contribution in [0.5, 0.6) is 0 Å². The second kappa shape index (κ2) is 10.1. The third-order valence-corrected chi connectivity index (χ3v) is 6.19. The highest BCUT2D eigenvalue weighted by Crippen LogP contribution is 2.28. The summed E-state index contributed by atoms with van der Waals surface area (Å²) in [5.74, 6) is -0.798. The van der Waals surface area contributed by atoms with Gasteiger partial charge in [-0.1, -0.05) is 26.0 Å². The van der Waals surface area contributed by atoms with Crippen molar-refractivity contribution in [2.45, 2.75) is 38.8 Å². The number of fused-ring (bicyclic) bond motifs is 1. The van der Waals surface area contributed by atoms with Gasteiger partial charge in [0.25, 0.3) is 11.8 Å². The average Bonchev–Trinajstić information content (AvgIpc) is 3.34. The minimum Gasteiger partial charge on any atom is -0.464 e. The molecule has 0 bridgehead atoms. The van der Waals surface area contributed by atoms with Gasteiger partial charge in [-0.3, -0.25) is 14.5 Å². The molecule has 1 aromatic carbocycles. The molecule has 0 saturated carbocycles. The van der Waals surface area contributed by atoms with E-state index in [2.05, 4.69) is 4.98 Å². The first-order valence-electron chi connectivity index (χ1n) is 10.2. The molecular weight excluding hydrogens is 418 g/mol. The number of aromatic nitrogens is 1. The third kappa shape index (κ3) is 5.17. The van der Waals surface area contributed by atoms with E-state index in [0.29, 0.717) is 35.6 Å². The SMILES string of the molecule is COC(=O)c1csc([C@@H](C[C@@H](N)C(C)C)OCCCN2C(=O)c3ccccc3C2=O)n1. The molecular formula is C22H27N3O5S. The van der Waals surface area contributed by atoms with Gasteiger partial charge >= 0.3 is 5.97 Å². The van der Waals surface area contributed by atoms with Gasteiger partial charge in [0.15, 0.2) is 5.69 Å². The molecule has 0 spiro atoms. The number of amides is 2. The van der Waals surface area contributed by atoms with Crippen LogP contribution < -0.4 is 5.73 Å². The molecule has 1 aliphatic rings. The van der Waals surface area contributed by atoms with Gasteiger partial charge in [-0.2, -0.15) is 0 Å². The van der Waals surface area contributed by atoms with Gasteiger partial charge in [-0.05, 0) is 30.9 Å². The van der Waals surface area contributed by atoms with Gasteiger partial charge in [0.2, 0.25) is 0 Å². The number of imide groups is 1. The molecule has 166 valence electrons. The highest BCUT2D eigenvalue weighted by atomic mass is 32.1. The molecule has 2 heterocycles. The van der Waals surface area contributed by atoms with E-state index in [-0.39, 0.29) is 42.1 Å². The smallest absolute Gasteiger partial charge is 0.357 e. The lowest BCUT2D eigenvalue weighted by atomic mass is 9.99. The number of thiazole rings is 1. The van der Waals surface area contributed by atoms with Crippen molar-refractivity contribution in [2.24, 2.45) is 11.7 Å². The fraction of sp³-hybridized carbons (Fsp3) is 0.455. The van der Waals surface area contributed by atoms with Crippen LogP contribution in [0.15, 0.2) is 29.6 Å². The number of benzene rings is 1. The van der Waals surface area contributed by atoms with E-state index in [0.717, 1.165) is 0 Å². The minimum atomic E-state index is -0.500. The molecule has 2 N–H and O–H groups in total. The zero-order chi connectivity index (χ0) is 22.5. The van der Waals surface area contributed by atoms with E-state index in [1.807, 2.05) is 13.8 Å². The van der Waals surface area contributed by atoms with Crippen LogP contribution in [0.1, 0.15) is 69.0 Å². The van der Waals surface area contributed by atoms with Crippen LogP contribution in [0.4, 0.5) is 0 Å². The van der Waals surface area contributed by atoms with E-state index >= 15 is 0 Å². The van der Waals surface area contributed by atoms with Crippen molar-refractivity contribution in [1.82, 2.24) is 9.88 Å². The number of nitrogens with zero attached hydrogens (tertiary/aromatic N) is 2. The van der Waals surface area contributed by atoms with Crippen LogP contribution in [-0.2, 0) is 9.47 Å². The standard InChI is InChI=1S/C22H27N3O5S/c1-13(2)16(23)11-18(19-24-17(12-31-19)22(28)29-3)30-10-6-9-25-20(26)14-7-4-5-8-15(14)21(25)27/h4-5,7-8,12-13,16,18H,6,9-11,23H2,1-3H3/t16-,18-/m1/s1. The molecule has 0 radical (unpaired) electrons. The summed E-state index contributed by atoms with van der Waals surface area (Å²) in [6, 6.07) is 6.71. The Morgan fingerprint density at radius 3 is 2.42 bits per heavy atom. The summed E-state index contributed by atoms with van der Waals surface area (Å²) in [5.41, 5.74) is 7.36. The predicted octanol–water partition coefficient (Wildman–Crippen LogP) is 3.05. The first kappa shape index (κ1) is 23.1. The number of rotatable bonds is 10. The topological polar surface area (TPSA) is 112 Å². The summed E-state index contributed by atoms with van der Waals surface area (Å²) in [5, 5.41) is 2.29. The summed E-state index contributed by atoms with van der Waals surface area (Å²) in [7, 11) is 1.31. The molecule has 1 aliphatic heterocycles. The maximum Gasteiger partial charge on any atom is 0.357 e. The van der Waals surface area contributed by atoms with Gasteiger partial charge < -0.3 is 15.2 Å². The molecule has 3 rings (SSSR count). The number of nitrogens with two attached hydrogens (primary N) is 1. The number of hydrogen-bond donors (Lipinski definition) is 1. The van der Waals surface area contributed by atoms with Crippen molar-refractivity contribution in [2.75, 3.05) is 20.3 Å². The lowest BCUT2D eigenvalue weighted by Crippen LogP contribution is -2.32. The maximum absolute atomic E-state index is 12.5. The Balaban J connectivity index is 1.60. The maximum atomic E-state index is 12.5. The molecule has 8 nitrogen and oxygen atoms in total. The monoisotopic (exact) mass is 445 g/mol. The van der Waals surface area contributed by atoms with Crippen molar-refractivity contribution in [3.8, 4) is 0 Å². The van der Waals surface area contributed by atoms with Crippen molar-refractivity contribution < 1.29 is 23.9 Å². The van der Waals surface area contributed by atoms with E-state index < -0.39 is 5.97 Å². The minimum absolute atomic E-state index is 0.105. The Labute approximate surface area is 185 Å². The first-order valence-corrected chi connectivity index (χ1v) is 11.1. The first-order chi connectivity index (χ1) is 14.8. The highest BCUT2D eigenvalue weighted by molar-refractivity contribution is 7.09. The molecule has 0 aliphatic carbocycles. The van der Waals surface area contributed by atoms with E-state index in [1.165, 1.54) is 23.3 Å². The predicted molar refractivity (Wildman–Crippen MR) is 116 cm³/mol. The number of carbonyl (C=O) groups excluding carboxylic acids is 3. The highest BCUT2D eigenvalue weighted by Gasteiger charge is 2.34. The Bertz CT molecular complexity index is 923. The van der Waals surface area contributed by atoms with Crippen LogP contribution in [0, 0.1) is 5.92 Å². The molecule has 9 heteroatoms. The number of methoxy groups -OCH3 is 1. The van der Waals surface area contributed by atoms with Crippen LogP contribution in [0.25, 0.3) is 0 Å². The largest absolute Gasteiger partial charge is 0.464 e. The number of carbonyl (C=O) groups is 3. The van der Waals surface area contributed by atoms with Crippen molar-refractivity contribution in [3.63, 3.8) is 0 Å². The van der Waals surface area contributed by atoms with E-state index in [1.54, 1.807) is 29.6 Å². The number of esters is 1. The van der Waals surface area contributed by atoms with Crippen molar-refractivity contribution in [1.29, 1.82) is 0 Å². The zero-order valence-electron chi connectivity index (χ0n) is 17.9. The average molecular weight is 446 g/mol. The summed E-state index contributed by atoms with van der Waals surface area (Å²) in [4.78, 5) is 42.3.